The maximum atomic E-state index is 12.3. The average molecular weight is 352 g/mol. The molecule has 1 aliphatic rings. The number of pyridine rings is 1. The molecule has 5 nitrogen and oxygen atoms in total. The molecule has 1 aliphatic heterocycles. The second-order valence-corrected chi connectivity index (χ2v) is 6.54. The molecule has 0 bridgehead atoms. The Balaban J connectivity index is 1.42. The van der Waals surface area contributed by atoms with Gasteiger partial charge >= 0.3 is 0 Å². The predicted octanol–water partition coefficient (Wildman–Crippen LogP) is 3.74. The van der Waals surface area contributed by atoms with Crippen molar-refractivity contribution in [2.24, 2.45) is 0 Å². The van der Waals surface area contributed by atoms with Crippen LogP contribution in [-0.4, -0.2) is 29.9 Å². The van der Waals surface area contributed by atoms with Crippen molar-refractivity contribution in [2.45, 2.75) is 4.90 Å². The summed E-state index contributed by atoms with van der Waals surface area (Å²) in [5.41, 5.74) is 1.62. The molecule has 1 aromatic heterocycles. The number of fused-ring (bicyclic) bond motifs is 2. The average Bonchev–Trinajstić information content (AvgIpc) is 2.66. The number of nitrogens with one attached hydrogen (secondary N) is 1. The van der Waals surface area contributed by atoms with E-state index in [2.05, 4.69) is 10.3 Å². The molecule has 0 unspecified atom stereocenters. The van der Waals surface area contributed by atoms with Crippen LogP contribution in [0.15, 0.2) is 59.6 Å². The number of anilines is 1. The number of hydrogen-bond acceptors (Lipinski definition) is 5. The first-order chi connectivity index (χ1) is 12.3. The van der Waals surface area contributed by atoms with Gasteiger partial charge in [0.2, 0.25) is 5.91 Å². The normalized spacial score (nSPS) is 12.8. The van der Waals surface area contributed by atoms with Crippen LogP contribution in [0, 0.1) is 0 Å². The van der Waals surface area contributed by atoms with Crippen LogP contribution in [0.3, 0.4) is 0 Å². The molecule has 4 rings (SSSR count). The van der Waals surface area contributed by atoms with E-state index in [9.17, 15) is 4.79 Å². The Morgan fingerprint density at radius 3 is 2.84 bits per heavy atom. The van der Waals surface area contributed by atoms with Crippen LogP contribution in [0.2, 0.25) is 0 Å². The Morgan fingerprint density at radius 1 is 1.08 bits per heavy atom. The third-order valence-corrected chi connectivity index (χ3v) is 4.83. The van der Waals surface area contributed by atoms with Crippen molar-refractivity contribution >= 4 is 34.3 Å². The number of carbonyl (C=O) groups excluding carboxylic acids is 1. The van der Waals surface area contributed by atoms with E-state index in [0.29, 0.717) is 36.2 Å². The van der Waals surface area contributed by atoms with Crippen LogP contribution in [0.5, 0.6) is 11.5 Å². The van der Waals surface area contributed by atoms with Gasteiger partial charge in [0.05, 0.1) is 11.3 Å². The summed E-state index contributed by atoms with van der Waals surface area (Å²) in [6.45, 7) is 1.07. The third-order valence-electron chi connectivity index (χ3n) is 3.78. The first-order valence-corrected chi connectivity index (χ1v) is 8.94. The van der Waals surface area contributed by atoms with Gasteiger partial charge in [-0.25, -0.2) is 0 Å². The molecule has 3 aromatic rings. The van der Waals surface area contributed by atoms with Gasteiger partial charge in [0.15, 0.2) is 11.5 Å². The first-order valence-electron chi connectivity index (χ1n) is 7.96. The molecule has 2 aromatic carbocycles. The Labute approximate surface area is 149 Å². The minimum absolute atomic E-state index is 0.0744. The van der Waals surface area contributed by atoms with Gasteiger partial charge in [0.25, 0.3) is 0 Å². The van der Waals surface area contributed by atoms with Crippen molar-refractivity contribution < 1.29 is 14.3 Å². The van der Waals surface area contributed by atoms with Crippen LogP contribution >= 0.6 is 11.8 Å². The fourth-order valence-electron chi connectivity index (χ4n) is 2.65. The second-order valence-electron chi connectivity index (χ2n) is 5.53. The highest BCUT2D eigenvalue weighted by atomic mass is 32.2. The monoisotopic (exact) mass is 352 g/mol. The van der Waals surface area contributed by atoms with Crippen LogP contribution in [-0.2, 0) is 4.79 Å². The molecule has 1 N–H and O–H groups in total. The van der Waals surface area contributed by atoms with E-state index in [0.717, 1.165) is 15.8 Å². The number of hydrogen-bond donors (Lipinski definition) is 1. The van der Waals surface area contributed by atoms with Gasteiger partial charge in [-0.15, -0.1) is 11.8 Å². The number of ether oxygens (including phenoxy) is 2. The van der Waals surface area contributed by atoms with Crippen LogP contribution in [0.25, 0.3) is 10.9 Å². The van der Waals surface area contributed by atoms with Crippen molar-refractivity contribution in [3.63, 3.8) is 0 Å². The standard InChI is InChI=1S/C19H16N2O3S/c22-18(21-14-6-7-15-16(11-14)24-10-9-23-15)12-25-17-5-1-3-13-4-2-8-20-19(13)17/h1-8,11H,9-10,12H2,(H,21,22). The summed E-state index contributed by atoms with van der Waals surface area (Å²) < 4.78 is 11.0. The second kappa shape index (κ2) is 7.03. The molecule has 0 saturated carbocycles. The maximum absolute atomic E-state index is 12.3. The van der Waals surface area contributed by atoms with Gasteiger partial charge in [-0.1, -0.05) is 18.2 Å². The summed E-state index contributed by atoms with van der Waals surface area (Å²) in [6, 6.07) is 15.3. The summed E-state index contributed by atoms with van der Waals surface area (Å²) in [5.74, 6) is 1.61. The number of aromatic nitrogens is 1. The molecular formula is C19H16N2O3S. The molecule has 0 saturated heterocycles. The van der Waals surface area contributed by atoms with Gasteiger partial charge in [-0.2, -0.15) is 0 Å². The van der Waals surface area contributed by atoms with Crippen molar-refractivity contribution in [3.05, 3.63) is 54.7 Å². The van der Waals surface area contributed by atoms with E-state index in [-0.39, 0.29) is 5.91 Å². The summed E-state index contributed by atoms with van der Waals surface area (Å²) in [4.78, 5) is 17.7. The molecule has 0 fully saturated rings. The van der Waals surface area contributed by atoms with Crippen LogP contribution in [0.1, 0.15) is 0 Å². The number of para-hydroxylation sites is 1. The zero-order valence-electron chi connectivity index (χ0n) is 13.4. The molecule has 0 aliphatic carbocycles. The molecule has 0 radical (unpaired) electrons. The van der Waals surface area contributed by atoms with E-state index < -0.39 is 0 Å². The fourth-order valence-corrected chi connectivity index (χ4v) is 3.50. The SMILES string of the molecule is O=C(CSc1cccc2cccnc12)Nc1ccc2c(c1)OCCO2. The molecule has 126 valence electrons. The minimum atomic E-state index is -0.0744. The van der Waals surface area contributed by atoms with E-state index in [1.165, 1.54) is 11.8 Å². The molecule has 6 heteroatoms. The lowest BCUT2D eigenvalue weighted by atomic mass is 10.2. The van der Waals surface area contributed by atoms with Crippen LogP contribution in [0.4, 0.5) is 5.69 Å². The van der Waals surface area contributed by atoms with Crippen molar-refractivity contribution in [2.75, 3.05) is 24.3 Å². The molecule has 0 atom stereocenters. The highest BCUT2D eigenvalue weighted by Gasteiger charge is 2.13. The largest absolute Gasteiger partial charge is 0.486 e. The van der Waals surface area contributed by atoms with Crippen LogP contribution < -0.4 is 14.8 Å². The Morgan fingerprint density at radius 2 is 1.92 bits per heavy atom. The summed E-state index contributed by atoms with van der Waals surface area (Å²) >= 11 is 1.48. The lowest BCUT2D eigenvalue weighted by Gasteiger charge is -2.19. The van der Waals surface area contributed by atoms with Gasteiger partial charge in [-0.05, 0) is 24.3 Å². The first kappa shape index (κ1) is 15.8. The smallest absolute Gasteiger partial charge is 0.234 e. The predicted molar refractivity (Wildman–Crippen MR) is 98.5 cm³/mol. The third kappa shape index (κ3) is 3.53. The molecule has 0 spiro atoms. The van der Waals surface area contributed by atoms with E-state index in [4.69, 9.17) is 9.47 Å². The minimum Gasteiger partial charge on any atom is -0.486 e. The highest BCUT2D eigenvalue weighted by Crippen LogP contribution is 2.33. The zero-order chi connectivity index (χ0) is 17.1. The van der Waals surface area contributed by atoms with Crippen molar-refractivity contribution in [1.82, 2.24) is 4.98 Å². The van der Waals surface area contributed by atoms with E-state index >= 15 is 0 Å². The number of rotatable bonds is 4. The van der Waals surface area contributed by atoms with Gasteiger partial charge in [0.1, 0.15) is 13.2 Å². The molecule has 1 amide bonds. The maximum Gasteiger partial charge on any atom is 0.234 e. The summed E-state index contributed by atoms with van der Waals surface area (Å²) in [7, 11) is 0. The highest BCUT2D eigenvalue weighted by molar-refractivity contribution is 8.00. The van der Waals surface area contributed by atoms with Gasteiger partial charge in [-0.3, -0.25) is 9.78 Å². The number of benzene rings is 2. The number of nitrogens with zero attached hydrogens (tertiary/aromatic N) is 1. The lowest BCUT2D eigenvalue weighted by Crippen LogP contribution is -2.17. The zero-order valence-corrected chi connectivity index (χ0v) is 14.2. The lowest BCUT2D eigenvalue weighted by molar-refractivity contribution is -0.113. The number of amides is 1. The van der Waals surface area contributed by atoms with Crippen molar-refractivity contribution in [1.29, 1.82) is 0 Å². The summed E-state index contributed by atoms with van der Waals surface area (Å²) in [5, 5.41) is 3.96. The molecule has 2 heterocycles. The Hall–Kier alpha value is -2.73. The number of thioether (sulfide) groups is 1. The van der Waals surface area contributed by atoms with Crippen molar-refractivity contribution in [3.8, 4) is 11.5 Å². The quantitative estimate of drug-likeness (QED) is 0.725. The van der Waals surface area contributed by atoms with E-state index in [1.807, 2.05) is 42.5 Å². The Kier molecular flexibility index (Phi) is 4.43. The summed E-state index contributed by atoms with van der Waals surface area (Å²) in [6.07, 6.45) is 1.77. The topological polar surface area (TPSA) is 60.5 Å². The molecular weight excluding hydrogens is 336 g/mol. The molecule has 25 heavy (non-hydrogen) atoms. The fraction of sp³-hybridized carbons (Fsp3) is 0.158. The van der Waals surface area contributed by atoms with Gasteiger partial charge in [0, 0.05) is 28.2 Å². The Bertz CT molecular complexity index is 924. The van der Waals surface area contributed by atoms with E-state index in [1.54, 1.807) is 12.3 Å². The number of carbonyl (C=O) groups is 1. The van der Waals surface area contributed by atoms with Gasteiger partial charge < -0.3 is 14.8 Å².